The van der Waals surface area contributed by atoms with Crippen molar-refractivity contribution in [1.82, 2.24) is 0 Å². The molecule has 0 atom stereocenters. The summed E-state index contributed by atoms with van der Waals surface area (Å²) in [5.41, 5.74) is 15.0. The van der Waals surface area contributed by atoms with Crippen LogP contribution in [0.1, 0.15) is 0 Å². The van der Waals surface area contributed by atoms with E-state index >= 15 is 0 Å². The standard InChI is InChI=1S/C10H8.N6O2S/c1-2-6-10-8-4-3-7-9(10)5-1;1-3-5-9(7,8)6-4-2/h1-8H;. The fourth-order valence-corrected chi connectivity index (χ4v) is 1.46. The second-order valence-electron chi connectivity index (χ2n) is 3.14. The number of benzene rings is 2. The molecule has 0 fully saturated rings. The van der Waals surface area contributed by atoms with E-state index in [1.807, 2.05) is 9.82 Å². The minimum absolute atomic E-state index is 1.31. The maximum absolute atomic E-state index is 9.99. The highest BCUT2D eigenvalue weighted by Gasteiger charge is 1.99. The molecule has 0 unspecified atom stereocenters. The molecule has 0 heterocycles. The first-order valence-electron chi connectivity index (χ1n) is 4.90. The molecule has 19 heavy (non-hydrogen) atoms. The molecule has 0 amide bonds. The molecule has 0 saturated heterocycles. The van der Waals surface area contributed by atoms with Crippen LogP contribution in [-0.4, -0.2) is 8.42 Å². The summed E-state index contributed by atoms with van der Waals surface area (Å²) in [5.74, 6) is 0. The Labute approximate surface area is 108 Å². The topological polar surface area (TPSA) is 132 Å². The highest BCUT2D eigenvalue weighted by Crippen LogP contribution is 2.11. The van der Waals surface area contributed by atoms with Crippen molar-refractivity contribution < 1.29 is 8.42 Å². The third-order valence-electron chi connectivity index (χ3n) is 1.94. The van der Waals surface area contributed by atoms with Gasteiger partial charge in [0.25, 0.3) is 0 Å². The molecule has 2 rings (SSSR count). The summed E-state index contributed by atoms with van der Waals surface area (Å²) in [6.45, 7) is 0. The first-order chi connectivity index (χ1) is 9.09. The van der Waals surface area contributed by atoms with E-state index in [2.05, 4.69) is 57.6 Å². The van der Waals surface area contributed by atoms with Gasteiger partial charge in [0.2, 0.25) is 0 Å². The second-order valence-corrected chi connectivity index (χ2v) is 4.36. The van der Waals surface area contributed by atoms with Gasteiger partial charge in [0.15, 0.2) is 0 Å². The van der Waals surface area contributed by atoms with Gasteiger partial charge in [-0.05, 0) is 21.8 Å². The summed E-state index contributed by atoms with van der Waals surface area (Å²) in [6.07, 6.45) is 0. The molecule has 0 saturated carbocycles. The molecule has 0 aliphatic heterocycles. The van der Waals surface area contributed by atoms with Crippen molar-refractivity contribution in [3.8, 4) is 0 Å². The molecular formula is C10H8N6O2S. The van der Waals surface area contributed by atoms with Gasteiger partial charge in [-0.2, -0.15) is 0 Å². The summed E-state index contributed by atoms with van der Waals surface area (Å²) in [5, 5.41) is 2.62. The van der Waals surface area contributed by atoms with Crippen LogP contribution in [0.2, 0.25) is 0 Å². The predicted octanol–water partition coefficient (Wildman–Crippen LogP) is 3.69. The van der Waals surface area contributed by atoms with Gasteiger partial charge in [0, 0.05) is 18.9 Å². The Balaban J connectivity index is 0.000000192. The number of hydrogen-bond donors (Lipinski definition) is 0. The molecule has 0 aromatic heterocycles. The van der Waals surface area contributed by atoms with Crippen molar-refractivity contribution in [2.45, 2.75) is 0 Å². The maximum atomic E-state index is 9.99. The molecule has 0 aliphatic rings. The van der Waals surface area contributed by atoms with Crippen molar-refractivity contribution in [1.29, 1.82) is 0 Å². The smallest absolute Gasteiger partial charge is 0.213 e. The van der Waals surface area contributed by atoms with Gasteiger partial charge in [0.1, 0.15) is 0 Å². The van der Waals surface area contributed by atoms with Crippen molar-refractivity contribution in [3.05, 3.63) is 69.4 Å². The fraction of sp³-hybridized carbons (Fsp3) is 0. The van der Waals surface area contributed by atoms with Gasteiger partial charge in [0.05, 0.1) is 0 Å². The normalized spacial score (nSPS) is 9.47. The highest BCUT2D eigenvalue weighted by molar-refractivity contribution is 7.88. The predicted molar refractivity (Wildman–Crippen MR) is 71.2 cm³/mol. The van der Waals surface area contributed by atoms with E-state index in [1.54, 1.807) is 0 Å². The van der Waals surface area contributed by atoms with Crippen LogP contribution in [0.15, 0.2) is 57.6 Å². The van der Waals surface area contributed by atoms with Gasteiger partial charge in [-0.1, -0.05) is 48.5 Å². The Morgan fingerprint density at radius 2 is 1.11 bits per heavy atom. The molecule has 2 aromatic carbocycles. The first kappa shape index (κ1) is 14.3. The van der Waals surface area contributed by atoms with Crippen LogP contribution in [0, 0.1) is 0 Å². The Morgan fingerprint density at radius 3 is 1.37 bits per heavy atom. The van der Waals surface area contributed by atoms with E-state index in [1.165, 1.54) is 10.8 Å². The monoisotopic (exact) mass is 276 g/mol. The average molecular weight is 276 g/mol. The zero-order valence-electron chi connectivity index (χ0n) is 9.53. The van der Waals surface area contributed by atoms with E-state index in [4.69, 9.17) is 11.1 Å². The van der Waals surface area contributed by atoms with Gasteiger partial charge < -0.3 is 0 Å². The van der Waals surface area contributed by atoms with Crippen LogP contribution in [-0.2, 0) is 10.2 Å². The van der Waals surface area contributed by atoms with Crippen molar-refractivity contribution in [3.63, 3.8) is 0 Å². The van der Waals surface area contributed by atoms with Crippen LogP contribution >= 0.6 is 0 Å². The Bertz CT molecular complexity index is 671. The Hall–Kier alpha value is -2.73. The van der Waals surface area contributed by atoms with Crippen LogP contribution in [0.4, 0.5) is 0 Å². The lowest BCUT2D eigenvalue weighted by atomic mass is 10.1. The van der Waals surface area contributed by atoms with Gasteiger partial charge in [-0.3, -0.25) is 0 Å². The number of rotatable bonds is 2. The number of hydrogen-bond acceptors (Lipinski definition) is 2. The van der Waals surface area contributed by atoms with Crippen molar-refractivity contribution in [2.24, 2.45) is 9.04 Å². The average Bonchev–Trinajstić information content (AvgIpc) is 2.39. The van der Waals surface area contributed by atoms with Gasteiger partial charge in [-0.25, -0.2) is 8.42 Å². The van der Waals surface area contributed by atoms with Crippen molar-refractivity contribution in [2.75, 3.05) is 0 Å². The zero-order valence-corrected chi connectivity index (χ0v) is 10.3. The molecule has 0 bridgehead atoms. The van der Waals surface area contributed by atoms with Gasteiger partial charge in [-0.15, -0.1) is 0 Å². The number of azide groups is 1. The first-order valence-corrected chi connectivity index (χ1v) is 6.30. The largest absolute Gasteiger partial charge is 0.321 e. The molecular weight excluding hydrogens is 268 g/mol. The van der Waals surface area contributed by atoms with E-state index in [-0.39, 0.29) is 0 Å². The Morgan fingerprint density at radius 1 is 0.789 bits per heavy atom. The van der Waals surface area contributed by atoms with Gasteiger partial charge >= 0.3 is 10.2 Å². The van der Waals surface area contributed by atoms with Crippen LogP contribution in [0.5, 0.6) is 0 Å². The zero-order chi connectivity index (χ0) is 14.1. The molecule has 0 N–H and O–H groups in total. The third kappa shape index (κ3) is 4.97. The summed E-state index contributed by atoms with van der Waals surface area (Å²) >= 11 is 0. The lowest BCUT2D eigenvalue weighted by Crippen LogP contribution is -1.82. The molecule has 0 spiro atoms. The summed E-state index contributed by atoms with van der Waals surface area (Å²) in [7, 11) is -4.27. The van der Waals surface area contributed by atoms with E-state index < -0.39 is 10.2 Å². The Kier molecular flexibility index (Phi) is 5.18. The number of fused-ring (bicyclic) bond motifs is 1. The lowest BCUT2D eigenvalue weighted by Gasteiger charge is -1.92. The minimum atomic E-state index is -4.27. The quantitative estimate of drug-likeness (QED) is 0.470. The van der Waals surface area contributed by atoms with E-state index in [0.29, 0.717) is 0 Å². The number of nitrogens with zero attached hydrogens (tertiary/aromatic N) is 6. The molecule has 96 valence electrons. The van der Waals surface area contributed by atoms with Crippen LogP contribution in [0.3, 0.4) is 0 Å². The lowest BCUT2D eigenvalue weighted by molar-refractivity contribution is 0.599. The summed E-state index contributed by atoms with van der Waals surface area (Å²) < 4.78 is 24.3. The molecule has 9 heteroatoms. The second kappa shape index (κ2) is 6.87. The SMILES string of the molecule is [N-]=[N+]=NS(=O)(=O)N=[N+]=[N-].c1ccc2ccccc2c1. The van der Waals surface area contributed by atoms with Crippen molar-refractivity contribution >= 4 is 21.0 Å². The van der Waals surface area contributed by atoms with E-state index in [9.17, 15) is 8.42 Å². The molecule has 2 aromatic rings. The summed E-state index contributed by atoms with van der Waals surface area (Å²) in [4.78, 5) is 3.80. The molecule has 8 nitrogen and oxygen atoms in total. The third-order valence-corrected chi connectivity index (χ3v) is 2.50. The van der Waals surface area contributed by atoms with Crippen LogP contribution < -0.4 is 0 Å². The van der Waals surface area contributed by atoms with Crippen LogP contribution in [0.25, 0.3) is 31.7 Å². The fourth-order valence-electron chi connectivity index (χ4n) is 1.24. The molecule has 0 radical (unpaired) electrons. The highest BCUT2D eigenvalue weighted by atomic mass is 32.2. The van der Waals surface area contributed by atoms with E-state index in [0.717, 1.165) is 0 Å². The maximum Gasteiger partial charge on any atom is 0.321 e. The summed E-state index contributed by atoms with van der Waals surface area (Å²) in [6, 6.07) is 16.7. The molecule has 0 aliphatic carbocycles. The minimum Gasteiger partial charge on any atom is -0.213 e.